The van der Waals surface area contributed by atoms with Gasteiger partial charge in [-0.05, 0) is 19.9 Å². The highest BCUT2D eigenvalue weighted by Crippen LogP contribution is 2.21. The van der Waals surface area contributed by atoms with E-state index in [1.807, 2.05) is 13.8 Å². The number of hydrogen-bond donors (Lipinski definition) is 1. The van der Waals surface area contributed by atoms with Crippen molar-refractivity contribution in [2.75, 3.05) is 0 Å². The second kappa shape index (κ2) is 4.81. The summed E-state index contributed by atoms with van der Waals surface area (Å²) in [6.07, 6.45) is 1.61. The molecule has 0 atom stereocenters. The number of rotatable bonds is 4. The summed E-state index contributed by atoms with van der Waals surface area (Å²) < 4.78 is 3.33. The molecule has 0 saturated carbocycles. The zero-order valence-electron chi connectivity index (χ0n) is 10.1. The van der Waals surface area contributed by atoms with E-state index in [2.05, 4.69) is 10.2 Å². The monoisotopic (exact) mass is 268 g/mol. The summed E-state index contributed by atoms with van der Waals surface area (Å²) in [5.74, 6) is -1.04. The van der Waals surface area contributed by atoms with Crippen LogP contribution in [0.2, 0.25) is 5.02 Å². The largest absolute Gasteiger partial charge is 0.476 e. The topological polar surface area (TPSA) is 72.9 Å². The van der Waals surface area contributed by atoms with Gasteiger partial charge in [-0.2, -0.15) is 10.2 Å². The molecule has 2 rings (SSSR count). The summed E-state index contributed by atoms with van der Waals surface area (Å²) in [4.78, 5) is 10.7. The number of aromatic carboxylic acids is 1. The fourth-order valence-corrected chi connectivity index (χ4v) is 1.93. The summed E-state index contributed by atoms with van der Waals surface area (Å²) in [5.41, 5.74) is 1.61. The molecule has 0 aromatic carbocycles. The van der Waals surface area contributed by atoms with Crippen LogP contribution in [0, 0.1) is 6.92 Å². The molecule has 2 heterocycles. The second-order valence-electron chi connectivity index (χ2n) is 3.87. The third kappa shape index (κ3) is 2.24. The van der Waals surface area contributed by atoms with Crippen molar-refractivity contribution >= 4 is 17.6 Å². The van der Waals surface area contributed by atoms with E-state index in [4.69, 9.17) is 16.7 Å². The van der Waals surface area contributed by atoms with Gasteiger partial charge in [0.1, 0.15) is 0 Å². The van der Waals surface area contributed by atoms with Gasteiger partial charge in [0.15, 0.2) is 5.69 Å². The molecule has 1 N–H and O–H groups in total. The zero-order chi connectivity index (χ0) is 13.3. The minimum atomic E-state index is -1.04. The quantitative estimate of drug-likeness (QED) is 0.918. The number of carboxylic acid groups (broad SMARTS) is 1. The Morgan fingerprint density at radius 3 is 2.78 bits per heavy atom. The Hall–Kier alpha value is -1.82. The molecular weight excluding hydrogens is 256 g/mol. The molecule has 18 heavy (non-hydrogen) atoms. The summed E-state index contributed by atoms with van der Waals surface area (Å²) in [7, 11) is 0. The Morgan fingerprint density at radius 1 is 1.50 bits per heavy atom. The van der Waals surface area contributed by atoms with E-state index in [-0.39, 0.29) is 5.69 Å². The molecule has 0 bridgehead atoms. The van der Waals surface area contributed by atoms with Crippen LogP contribution in [-0.4, -0.2) is 30.6 Å². The van der Waals surface area contributed by atoms with Crippen molar-refractivity contribution in [2.24, 2.45) is 0 Å². The molecule has 0 radical (unpaired) electrons. The lowest BCUT2D eigenvalue weighted by molar-refractivity contribution is 0.0689. The van der Waals surface area contributed by atoms with E-state index in [0.717, 1.165) is 11.4 Å². The third-order valence-corrected chi connectivity index (χ3v) is 3.12. The third-order valence-electron chi connectivity index (χ3n) is 2.62. The summed E-state index contributed by atoms with van der Waals surface area (Å²) in [6, 6.07) is 1.45. The van der Waals surface area contributed by atoms with E-state index < -0.39 is 5.97 Å². The normalized spacial score (nSPS) is 10.8. The van der Waals surface area contributed by atoms with Crippen molar-refractivity contribution in [3.05, 3.63) is 34.4 Å². The molecule has 7 heteroatoms. The van der Waals surface area contributed by atoms with Crippen molar-refractivity contribution < 1.29 is 9.90 Å². The number of aryl methyl sites for hydroxylation is 2. The Labute approximate surface area is 109 Å². The molecule has 96 valence electrons. The predicted molar refractivity (Wildman–Crippen MR) is 65.9 cm³/mol. The van der Waals surface area contributed by atoms with Crippen molar-refractivity contribution in [1.29, 1.82) is 0 Å². The number of halogens is 1. The van der Waals surface area contributed by atoms with Crippen LogP contribution in [0.4, 0.5) is 0 Å². The van der Waals surface area contributed by atoms with Crippen LogP contribution < -0.4 is 0 Å². The molecular formula is C11H13ClN4O2. The van der Waals surface area contributed by atoms with Crippen molar-refractivity contribution in [2.45, 2.75) is 26.9 Å². The highest BCUT2D eigenvalue weighted by molar-refractivity contribution is 6.31. The van der Waals surface area contributed by atoms with E-state index in [9.17, 15) is 4.79 Å². The summed E-state index contributed by atoms with van der Waals surface area (Å²) >= 11 is 6.17. The molecule has 0 aliphatic carbocycles. The summed E-state index contributed by atoms with van der Waals surface area (Å²) in [6.45, 7) is 4.92. The van der Waals surface area contributed by atoms with Crippen molar-refractivity contribution in [3.63, 3.8) is 0 Å². The smallest absolute Gasteiger partial charge is 0.356 e. The molecule has 0 aliphatic heterocycles. The predicted octanol–water partition coefficient (Wildman–Crippen LogP) is 1.81. The van der Waals surface area contributed by atoms with Crippen molar-refractivity contribution in [1.82, 2.24) is 19.6 Å². The van der Waals surface area contributed by atoms with Gasteiger partial charge in [0.2, 0.25) is 0 Å². The zero-order valence-corrected chi connectivity index (χ0v) is 10.8. The highest BCUT2D eigenvalue weighted by atomic mass is 35.5. The first-order valence-electron chi connectivity index (χ1n) is 5.51. The van der Waals surface area contributed by atoms with Gasteiger partial charge >= 0.3 is 5.97 Å². The lowest BCUT2D eigenvalue weighted by Crippen LogP contribution is -2.09. The number of aromatic nitrogens is 4. The Morgan fingerprint density at radius 2 is 2.22 bits per heavy atom. The SMILES string of the molecule is CCn1nc(C)c(Cl)c1Cn1ccc(C(=O)O)n1. The van der Waals surface area contributed by atoms with Crippen LogP contribution in [0.3, 0.4) is 0 Å². The molecule has 0 spiro atoms. The lowest BCUT2D eigenvalue weighted by Gasteiger charge is -2.05. The van der Waals surface area contributed by atoms with Crippen LogP contribution >= 0.6 is 11.6 Å². The van der Waals surface area contributed by atoms with Gasteiger partial charge in [-0.25, -0.2) is 4.79 Å². The first-order chi connectivity index (χ1) is 8.52. The molecule has 0 fully saturated rings. The maximum absolute atomic E-state index is 10.7. The minimum absolute atomic E-state index is 0.0189. The maximum Gasteiger partial charge on any atom is 0.356 e. The number of nitrogens with zero attached hydrogens (tertiary/aromatic N) is 4. The van der Waals surface area contributed by atoms with Gasteiger partial charge in [0.05, 0.1) is 23.0 Å². The van der Waals surface area contributed by atoms with Gasteiger partial charge in [0.25, 0.3) is 0 Å². The van der Waals surface area contributed by atoms with Gasteiger partial charge in [-0.15, -0.1) is 0 Å². The van der Waals surface area contributed by atoms with Gasteiger partial charge in [-0.1, -0.05) is 11.6 Å². The first-order valence-corrected chi connectivity index (χ1v) is 5.89. The van der Waals surface area contributed by atoms with Crippen molar-refractivity contribution in [3.8, 4) is 0 Å². The van der Waals surface area contributed by atoms with Gasteiger partial charge < -0.3 is 5.11 Å². The Balaban J connectivity index is 2.30. The number of carbonyl (C=O) groups is 1. The average Bonchev–Trinajstić information content (AvgIpc) is 2.89. The van der Waals surface area contributed by atoms with Gasteiger partial charge in [-0.3, -0.25) is 9.36 Å². The van der Waals surface area contributed by atoms with Gasteiger partial charge in [0, 0.05) is 12.7 Å². The molecule has 2 aromatic rings. The highest BCUT2D eigenvalue weighted by Gasteiger charge is 2.14. The molecule has 6 nitrogen and oxygen atoms in total. The summed E-state index contributed by atoms with van der Waals surface area (Å²) in [5, 5.41) is 17.6. The first kappa shape index (κ1) is 12.6. The second-order valence-corrected chi connectivity index (χ2v) is 4.24. The van der Waals surface area contributed by atoms with E-state index in [1.165, 1.54) is 10.7 Å². The van der Waals surface area contributed by atoms with E-state index in [1.54, 1.807) is 10.9 Å². The number of hydrogen-bond acceptors (Lipinski definition) is 3. The van der Waals surface area contributed by atoms with Crippen LogP contribution in [0.15, 0.2) is 12.3 Å². The molecule has 0 saturated heterocycles. The Bertz CT molecular complexity index is 588. The van der Waals surface area contributed by atoms with Crippen LogP contribution in [0.5, 0.6) is 0 Å². The Kier molecular flexibility index (Phi) is 3.38. The molecule has 0 amide bonds. The standard InChI is InChI=1S/C11H13ClN4O2/c1-3-16-9(10(12)7(2)13-16)6-15-5-4-8(14-15)11(17)18/h4-5H,3,6H2,1-2H3,(H,17,18). The van der Waals surface area contributed by atoms with Crippen LogP contribution in [0.25, 0.3) is 0 Å². The van der Waals surface area contributed by atoms with Crippen LogP contribution in [0.1, 0.15) is 28.8 Å². The fourth-order valence-electron chi connectivity index (χ4n) is 1.74. The average molecular weight is 269 g/mol. The molecule has 2 aromatic heterocycles. The van der Waals surface area contributed by atoms with E-state index in [0.29, 0.717) is 18.1 Å². The number of carboxylic acids is 1. The minimum Gasteiger partial charge on any atom is -0.476 e. The molecule has 0 unspecified atom stereocenters. The maximum atomic E-state index is 10.7. The fraction of sp³-hybridized carbons (Fsp3) is 0.364. The molecule has 0 aliphatic rings. The van der Waals surface area contributed by atoms with Crippen LogP contribution in [-0.2, 0) is 13.1 Å². The van der Waals surface area contributed by atoms with E-state index >= 15 is 0 Å². The lowest BCUT2D eigenvalue weighted by atomic mass is 10.3.